The molecule has 0 saturated carbocycles. The smallest absolute Gasteiger partial charge is 0.132 e. The van der Waals surface area contributed by atoms with Crippen molar-refractivity contribution >= 4 is 26.4 Å². The average molecular weight is 240 g/mol. The Morgan fingerprint density at radius 3 is 3.08 bits per heavy atom. The van der Waals surface area contributed by atoms with Gasteiger partial charge in [0.2, 0.25) is 0 Å². The summed E-state index contributed by atoms with van der Waals surface area (Å²) in [6.45, 7) is 1.97. The summed E-state index contributed by atoms with van der Waals surface area (Å²) >= 11 is 3.00. The largest absolute Gasteiger partial charge is 0.346 e. The molecular weight excluding hydrogens is 230 g/mol. The number of nitrogens with one attached hydrogen (secondary N) is 2. The van der Waals surface area contributed by atoms with Crippen molar-refractivity contribution in [1.82, 2.24) is 4.98 Å². The summed E-state index contributed by atoms with van der Waals surface area (Å²) in [5.74, 6) is 0.813. The van der Waals surface area contributed by atoms with Crippen LogP contribution >= 0.6 is 15.9 Å². The maximum Gasteiger partial charge on any atom is 0.132 e. The van der Waals surface area contributed by atoms with Crippen LogP contribution in [0, 0.1) is 12.3 Å². The molecule has 0 unspecified atom stereocenters. The normalized spacial score (nSPS) is 10.3. The lowest BCUT2D eigenvalue weighted by molar-refractivity contribution is 1.26. The molecular formula is C9H10BrN3. The van der Waals surface area contributed by atoms with Gasteiger partial charge in [-0.3, -0.25) is 5.41 Å². The molecule has 13 heavy (non-hydrogen) atoms. The Bertz CT molecular complexity index is 333. The van der Waals surface area contributed by atoms with E-state index in [9.17, 15) is 0 Å². The van der Waals surface area contributed by atoms with Crippen LogP contribution in [0.3, 0.4) is 0 Å². The second-order valence-corrected chi connectivity index (χ2v) is 3.35. The maximum absolute atomic E-state index is 7.08. The van der Waals surface area contributed by atoms with E-state index < -0.39 is 0 Å². The third-order valence-corrected chi connectivity index (χ3v) is 1.72. The lowest BCUT2D eigenvalue weighted by Crippen LogP contribution is -1.94. The lowest BCUT2D eigenvalue weighted by atomic mass is 10.3. The first kappa shape index (κ1) is 9.92. The fourth-order valence-corrected chi connectivity index (χ4v) is 0.963. The summed E-state index contributed by atoms with van der Waals surface area (Å²) in [6, 6.07) is 3.86. The van der Waals surface area contributed by atoms with Crippen LogP contribution in [0.2, 0.25) is 0 Å². The van der Waals surface area contributed by atoms with Crippen LogP contribution in [0.25, 0.3) is 0 Å². The summed E-state index contributed by atoms with van der Waals surface area (Å²) in [6.07, 6.45) is 5.00. The van der Waals surface area contributed by atoms with Gasteiger partial charge in [-0.1, -0.05) is 6.07 Å². The van der Waals surface area contributed by atoms with Crippen molar-refractivity contribution in [2.45, 2.75) is 6.92 Å². The van der Waals surface area contributed by atoms with Crippen LogP contribution in [0.15, 0.2) is 30.6 Å². The molecule has 4 heteroatoms. The maximum atomic E-state index is 7.08. The molecule has 3 nitrogen and oxygen atoms in total. The van der Waals surface area contributed by atoms with Gasteiger partial charge in [0.25, 0.3) is 0 Å². The molecule has 1 rings (SSSR count). The zero-order chi connectivity index (χ0) is 9.68. The number of aryl methyl sites for hydroxylation is 1. The topological polar surface area (TPSA) is 48.8 Å². The zero-order valence-corrected chi connectivity index (χ0v) is 8.80. The fourth-order valence-electron chi connectivity index (χ4n) is 0.831. The molecule has 0 atom stereocenters. The van der Waals surface area contributed by atoms with Crippen LogP contribution in [-0.2, 0) is 0 Å². The van der Waals surface area contributed by atoms with E-state index in [0.717, 1.165) is 11.4 Å². The van der Waals surface area contributed by atoms with Crippen molar-refractivity contribution in [2.24, 2.45) is 0 Å². The predicted octanol–water partition coefficient (Wildman–Crippen LogP) is 2.69. The SMILES string of the molecule is Cc1cccnc1N/C=C\C(=N)Br. The van der Waals surface area contributed by atoms with Gasteiger partial charge in [0.05, 0.1) is 4.62 Å². The predicted molar refractivity (Wildman–Crippen MR) is 58.4 cm³/mol. The van der Waals surface area contributed by atoms with E-state index in [1.165, 1.54) is 0 Å². The van der Waals surface area contributed by atoms with Crippen LogP contribution in [0.5, 0.6) is 0 Å². The van der Waals surface area contributed by atoms with E-state index in [1.54, 1.807) is 18.5 Å². The highest BCUT2D eigenvalue weighted by Crippen LogP contribution is 2.08. The summed E-state index contributed by atoms with van der Waals surface area (Å²) in [7, 11) is 0. The van der Waals surface area contributed by atoms with Crippen molar-refractivity contribution < 1.29 is 0 Å². The van der Waals surface area contributed by atoms with Crippen molar-refractivity contribution in [1.29, 1.82) is 5.41 Å². The third-order valence-electron chi connectivity index (χ3n) is 1.46. The molecule has 68 valence electrons. The number of aromatic nitrogens is 1. The Balaban J connectivity index is 2.64. The highest BCUT2D eigenvalue weighted by molar-refractivity contribution is 9.18. The second kappa shape index (κ2) is 4.77. The second-order valence-electron chi connectivity index (χ2n) is 2.49. The molecule has 0 fully saturated rings. The number of hydrogen-bond acceptors (Lipinski definition) is 3. The number of allylic oxidation sites excluding steroid dienone is 1. The number of nitrogens with zero attached hydrogens (tertiary/aromatic N) is 1. The monoisotopic (exact) mass is 239 g/mol. The Labute approximate surface area is 85.5 Å². The molecule has 0 aliphatic heterocycles. The first-order chi connectivity index (χ1) is 6.20. The van der Waals surface area contributed by atoms with E-state index in [4.69, 9.17) is 5.41 Å². The van der Waals surface area contributed by atoms with Gasteiger partial charge in [-0.15, -0.1) is 0 Å². The van der Waals surface area contributed by atoms with Crippen molar-refractivity contribution in [3.8, 4) is 0 Å². The first-order valence-corrected chi connectivity index (χ1v) is 4.58. The van der Waals surface area contributed by atoms with Gasteiger partial charge in [-0.25, -0.2) is 4.98 Å². The molecule has 0 aliphatic carbocycles. The van der Waals surface area contributed by atoms with E-state index in [1.807, 2.05) is 19.1 Å². The molecule has 0 aliphatic rings. The minimum Gasteiger partial charge on any atom is -0.346 e. The molecule has 1 aromatic rings. The highest BCUT2D eigenvalue weighted by Gasteiger charge is 1.93. The van der Waals surface area contributed by atoms with Crippen molar-refractivity contribution in [3.63, 3.8) is 0 Å². The molecule has 1 heterocycles. The number of anilines is 1. The fraction of sp³-hybridized carbons (Fsp3) is 0.111. The number of pyridine rings is 1. The van der Waals surface area contributed by atoms with Crippen LogP contribution in [0.4, 0.5) is 5.82 Å². The minimum atomic E-state index is 0.327. The molecule has 1 aromatic heterocycles. The highest BCUT2D eigenvalue weighted by atomic mass is 79.9. The van der Waals surface area contributed by atoms with E-state index >= 15 is 0 Å². The van der Waals surface area contributed by atoms with Crippen molar-refractivity contribution in [3.05, 3.63) is 36.2 Å². The Kier molecular flexibility index (Phi) is 3.64. The molecule has 2 N–H and O–H groups in total. The van der Waals surface area contributed by atoms with E-state index in [2.05, 4.69) is 26.2 Å². The number of rotatable bonds is 3. The number of halogens is 1. The summed E-state index contributed by atoms with van der Waals surface area (Å²) < 4.78 is 0.327. The average Bonchev–Trinajstić information content (AvgIpc) is 2.08. The summed E-state index contributed by atoms with van der Waals surface area (Å²) in [4.78, 5) is 4.13. The lowest BCUT2D eigenvalue weighted by Gasteiger charge is -2.01. The van der Waals surface area contributed by atoms with E-state index in [-0.39, 0.29) is 0 Å². The third kappa shape index (κ3) is 3.38. The van der Waals surface area contributed by atoms with Gasteiger partial charge < -0.3 is 5.32 Å². The van der Waals surface area contributed by atoms with Crippen LogP contribution < -0.4 is 5.32 Å². The first-order valence-electron chi connectivity index (χ1n) is 3.79. The number of hydrogen-bond donors (Lipinski definition) is 2. The van der Waals surface area contributed by atoms with Gasteiger partial charge in [0.15, 0.2) is 0 Å². The van der Waals surface area contributed by atoms with Crippen LogP contribution in [0.1, 0.15) is 5.56 Å². The minimum absolute atomic E-state index is 0.327. The summed E-state index contributed by atoms with van der Waals surface area (Å²) in [5.41, 5.74) is 1.08. The molecule has 0 radical (unpaired) electrons. The van der Waals surface area contributed by atoms with Gasteiger partial charge >= 0.3 is 0 Å². The van der Waals surface area contributed by atoms with Gasteiger partial charge in [0, 0.05) is 12.4 Å². The van der Waals surface area contributed by atoms with Gasteiger partial charge in [0.1, 0.15) is 5.82 Å². The van der Waals surface area contributed by atoms with Gasteiger partial charge in [-0.2, -0.15) is 0 Å². The molecule has 0 saturated heterocycles. The molecule has 0 amide bonds. The Morgan fingerprint density at radius 1 is 1.69 bits per heavy atom. The summed E-state index contributed by atoms with van der Waals surface area (Å²) in [5, 5.41) is 10.1. The van der Waals surface area contributed by atoms with Crippen molar-refractivity contribution in [2.75, 3.05) is 5.32 Å². The molecule has 0 aromatic carbocycles. The van der Waals surface area contributed by atoms with Gasteiger partial charge in [-0.05, 0) is 40.6 Å². The van der Waals surface area contributed by atoms with Crippen LogP contribution in [-0.4, -0.2) is 9.60 Å². The Hall–Kier alpha value is -1.16. The molecule has 0 spiro atoms. The standard InChI is InChI=1S/C9H10BrN3/c1-7-3-2-5-12-9(7)13-6-4-8(10)11/h2-6,11H,1H3,(H,12,13)/b6-4-,11-8?. The van der Waals surface area contributed by atoms with E-state index in [0.29, 0.717) is 4.62 Å². The Morgan fingerprint density at radius 2 is 2.46 bits per heavy atom. The quantitative estimate of drug-likeness (QED) is 0.798. The molecule has 0 bridgehead atoms. The zero-order valence-electron chi connectivity index (χ0n) is 7.21.